The van der Waals surface area contributed by atoms with Crippen molar-refractivity contribution < 1.29 is 13.9 Å². The molecule has 0 spiro atoms. The fourth-order valence-corrected chi connectivity index (χ4v) is 2.43. The summed E-state index contributed by atoms with van der Waals surface area (Å²) in [6.45, 7) is 10.4. The number of likely N-dealkylation sites (N-methyl/N-ethyl adjacent to an activating group) is 2. The molecule has 1 unspecified atom stereocenters. The highest BCUT2D eigenvalue weighted by molar-refractivity contribution is 5.86. The van der Waals surface area contributed by atoms with Crippen molar-refractivity contribution in [3.05, 3.63) is 30.1 Å². The van der Waals surface area contributed by atoms with E-state index in [0.717, 1.165) is 0 Å². The average Bonchev–Trinajstić information content (AvgIpc) is 2.61. The molecule has 0 saturated carbocycles. The summed E-state index contributed by atoms with van der Waals surface area (Å²) in [4.78, 5) is 20.4. The molecule has 1 N–H and O–H groups in total. The summed E-state index contributed by atoms with van der Waals surface area (Å²) in [6, 6.07) is 6.30. The lowest BCUT2D eigenvalue weighted by molar-refractivity contribution is -0.131. The minimum absolute atomic E-state index is 0.0544. The maximum atomic E-state index is 13.7. The van der Waals surface area contributed by atoms with Crippen LogP contribution in [0, 0.1) is 5.82 Å². The number of hydrogen-bond acceptors (Lipinski definition) is 3. The number of para-hydroxylation sites is 1. The molecule has 0 aliphatic carbocycles. The average molecular weight is 366 g/mol. The van der Waals surface area contributed by atoms with Crippen LogP contribution in [-0.4, -0.2) is 67.5 Å². The highest BCUT2D eigenvalue weighted by Crippen LogP contribution is 2.17. The predicted molar refractivity (Wildman–Crippen MR) is 103 cm³/mol. The second kappa shape index (κ2) is 11.3. The van der Waals surface area contributed by atoms with Gasteiger partial charge in [0.05, 0.1) is 13.1 Å². The largest absolute Gasteiger partial charge is 0.486 e. The van der Waals surface area contributed by atoms with Crippen LogP contribution in [0.3, 0.4) is 0 Å². The van der Waals surface area contributed by atoms with Crippen LogP contribution in [0.5, 0.6) is 5.75 Å². The Bertz CT molecular complexity index is 591. The zero-order chi connectivity index (χ0) is 19.5. The van der Waals surface area contributed by atoms with E-state index in [4.69, 9.17) is 4.74 Å². The van der Waals surface area contributed by atoms with Gasteiger partial charge >= 0.3 is 0 Å². The van der Waals surface area contributed by atoms with Crippen LogP contribution in [0.4, 0.5) is 4.39 Å². The van der Waals surface area contributed by atoms with Crippen LogP contribution in [-0.2, 0) is 4.79 Å². The van der Waals surface area contributed by atoms with Gasteiger partial charge in [0, 0.05) is 26.7 Å². The molecule has 0 heterocycles. The van der Waals surface area contributed by atoms with Gasteiger partial charge in [-0.05, 0) is 39.8 Å². The van der Waals surface area contributed by atoms with Crippen LogP contribution in [0.1, 0.15) is 27.7 Å². The topological polar surface area (TPSA) is 57.2 Å². The molecule has 0 aromatic heterocycles. The number of benzene rings is 1. The van der Waals surface area contributed by atoms with Crippen molar-refractivity contribution in [1.82, 2.24) is 15.1 Å². The highest BCUT2D eigenvalue weighted by Gasteiger charge is 2.15. The van der Waals surface area contributed by atoms with Gasteiger partial charge in [-0.3, -0.25) is 4.79 Å². The predicted octanol–water partition coefficient (Wildman–Crippen LogP) is 2.36. The molecular weight excluding hydrogens is 335 g/mol. The Kier molecular flexibility index (Phi) is 9.47. The Balaban J connectivity index is 2.69. The van der Waals surface area contributed by atoms with E-state index in [9.17, 15) is 9.18 Å². The number of halogens is 1. The van der Waals surface area contributed by atoms with Crippen molar-refractivity contribution in [2.24, 2.45) is 4.99 Å². The Morgan fingerprint density at radius 1 is 1.27 bits per heavy atom. The molecule has 6 nitrogen and oxygen atoms in total. The lowest BCUT2D eigenvalue weighted by atomic mass is 10.3. The molecule has 26 heavy (non-hydrogen) atoms. The first-order valence-corrected chi connectivity index (χ1v) is 9.11. The number of guanidine groups is 1. The van der Waals surface area contributed by atoms with Crippen molar-refractivity contribution in [2.75, 3.05) is 39.8 Å². The lowest BCUT2D eigenvalue weighted by Crippen LogP contribution is -2.46. The molecule has 7 heteroatoms. The third-order valence-electron chi connectivity index (χ3n) is 3.85. The van der Waals surface area contributed by atoms with Crippen LogP contribution >= 0.6 is 0 Å². The van der Waals surface area contributed by atoms with E-state index in [2.05, 4.69) is 10.3 Å². The molecule has 1 atom stereocenters. The van der Waals surface area contributed by atoms with Gasteiger partial charge in [0.2, 0.25) is 5.91 Å². The van der Waals surface area contributed by atoms with Crippen molar-refractivity contribution in [3.63, 3.8) is 0 Å². The molecule has 0 saturated heterocycles. The molecule has 0 bridgehead atoms. The summed E-state index contributed by atoms with van der Waals surface area (Å²) >= 11 is 0. The lowest BCUT2D eigenvalue weighted by Gasteiger charge is -2.26. The van der Waals surface area contributed by atoms with Crippen molar-refractivity contribution in [2.45, 2.75) is 33.8 Å². The van der Waals surface area contributed by atoms with E-state index in [1.165, 1.54) is 6.07 Å². The third kappa shape index (κ3) is 6.90. The van der Waals surface area contributed by atoms with Crippen molar-refractivity contribution >= 4 is 11.9 Å². The van der Waals surface area contributed by atoms with Gasteiger partial charge in [-0.25, -0.2) is 9.38 Å². The summed E-state index contributed by atoms with van der Waals surface area (Å²) in [5.41, 5.74) is 0. The number of hydrogen-bond donors (Lipinski definition) is 1. The normalized spacial score (nSPS) is 12.5. The number of carbonyl (C=O) groups is 1. The van der Waals surface area contributed by atoms with E-state index >= 15 is 0 Å². The van der Waals surface area contributed by atoms with Gasteiger partial charge in [0.15, 0.2) is 17.5 Å². The van der Waals surface area contributed by atoms with E-state index in [1.807, 2.05) is 34.7 Å². The Labute approximate surface area is 156 Å². The van der Waals surface area contributed by atoms with Crippen LogP contribution in [0.2, 0.25) is 0 Å². The molecule has 0 fully saturated rings. The van der Waals surface area contributed by atoms with Gasteiger partial charge in [0.25, 0.3) is 0 Å². The molecule has 1 aromatic carbocycles. The summed E-state index contributed by atoms with van der Waals surface area (Å²) in [6.07, 6.45) is -0.299. The van der Waals surface area contributed by atoms with Gasteiger partial charge in [-0.15, -0.1) is 0 Å². The third-order valence-corrected chi connectivity index (χ3v) is 3.85. The number of nitrogens with zero attached hydrogens (tertiary/aromatic N) is 3. The second-order valence-corrected chi connectivity index (χ2v) is 5.98. The van der Waals surface area contributed by atoms with Crippen LogP contribution in [0.25, 0.3) is 0 Å². The van der Waals surface area contributed by atoms with Gasteiger partial charge in [0.1, 0.15) is 6.10 Å². The first-order valence-electron chi connectivity index (χ1n) is 9.11. The monoisotopic (exact) mass is 366 g/mol. The molecule has 0 aliphatic rings. The SMILES string of the molecule is CCNC(=NCC(C)Oc1ccccc1F)N(C)CC(=O)N(CC)CC. The molecule has 1 rings (SSSR count). The van der Waals surface area contributed by atoms with E-state index in [0.29, 0.717) is 32.1 Å². The molecule has 1 aromatic rings. The van der Waals surface area contributed by atoms with E-state index < -0.39 is 5.82 Å². The van der Waals surface area contributed by atoms with Crippen molar-refractivity contribution in [1.29, 1.82) is 0 Å². The van der Waals surface area contributed by atoms with E-state index in [-0.39, 0.29) is 24.3 Å². The highest BCUT2D eigenvalue weighted by atomic mass is 19.1. The minimum atomic E-state index is -0.392. The van der Waals surface area contributed by atoms with Crippen molar-refractivity contribution in [3.8, 4) is 5.75 Å². The fourth-order valence-electron chi connectivity index (χ4n) is 2.43. The summed E-state index contributed by atoms with van der Waals surface area (Å²) in [7, 11) is 1.82. The zero-order valence-corrected chi connectivity index (χ0v) is 16.5. The molecule has 146 valence electrons. The summed E-state index contributed by atoms with van der Waals surface area (Å²) in [5, 5.41) is 3.17. The number of nitrogens with one attached hydrogen (secondary N) is 1. The number of carbonyl (C=O) groups excluding carboxylic acids is 1. The molecule has 0 radical (unpaired) electrons. The van der Waals surface area contributed by atoms with Gasteiger partial charge in [-0.2, -0.15) is 0 Å². The summed E-state index contributed by atoms with van der Waals surface area (Å²) < 4.78 is 19.3. The Morgan fingerprint density at radius 3 is 2.50 bits per heavy atom. The first-order chi connectivity index (χ1) is 12.4. The standard InChI is InChI=1S/C19H31FN4O2/c1-6-21-19(23(5)14-18(25)24(7-2)8-3)22-13-15(4)26-17-12-10-9-11-16(17)20/h9-12,15H,6-8,13-14H2,1-5H3,(H,21,22). The smallest absolute Gasteiger partial charge is 0.242 e. The number of ether oxygens (including phenoxy) is 1. The Hall–Kier alpha value is -2.31. The molecular formula is C19H31FN4O2. The second-order valence-electron chi connectivity index (χ2n) is 5.98. The van der Waals surface area contributed by atoms with E-state index in [1.54, 1.807) is 28.0 Å². The van der Waals surface area contributed by atoms with Gasteiger partial charge in [-0.1, -0.05) is 12.1 Å². The minimum Gasteiger partial charge on any atom is -0.486 e. The van der Waals surface area contributed by atoms with Crippen LogP contribution in [0.15, 0.2) is 29.3 Å². The number of aliphatic imine (C=N–C) groups is 1. The number of amides is 1. The maximum Gasteiger partial charge on any atom is 0.242 e. The zero-order valence-electron chi connectivity index (χ0n) is 16.5. The molecule has 1 amide bonds. The maximum absolute atomic E-state index is 13.7. The first kappa shape index (κ1) is 21.7. The molecule has 0 aliphatic heterocycles. The Morgan fingerprint density at radius 2 is 1.92 bits per heavy atom. The fraction of sp³-hybridized carbons (Fsp3) is 0.579. The quantitative estimate of drug-likeness (QED) is 0.538. The van der Waals surface area contributed by atoms with Crippen LogP contribution < -0.4 is 10.1 Å². The number of rotatable bonds is 9. The summed E-state index contributed by atoms with van der Waals surface area (Å²) in [5.74, 6) is 0.498. The van der Waals surface area contributed by atoms with Gasteiger partial charge < -0.3 is 19.9 Å².